The van der Waals surface area contributed by atoms with E-state index in [1.54, 1.807) is 11.8 Å². The third-order valence-corrected chi connectivity index (χ3v) is 8.58. The molecular weight excluding hydrogens is 754 g/mol. The molecule has 0 aliphatic rings. The monoisotopic (exact) mass is 789 g/mol. The summed E-state index contributed by atoms with van der Waals surface area (Å²) in [6.07, 6.45) is 1.91. The summed E-state index contributed by atoms with van der Waals surface area (Å²) in [6.45, 7) is 13.0. The maximum absolute atomic E-state index is 11.7. The average Bonchev–Trinajstić information content (AvgIpc) is 3.00. The summed E-state index contributed by atoms with van der Waals surface area (Å²) in [6, 6.07) is 36.2. The molecule has 2 aromatic heterocycles. The van der Waals surface area contributed by atoms with Gasteiger partial charge in [0, 0.05) is 43.8 Å². The minimum atomic E-state index is -0.256. The van der Waals surface area contributed by atoms with E-state index in [1.165, 1.54) is 0 Å². The van der Waals surface area contributed by atoms with E-state index in [2.05, 4.69) is 82.9 Å². The Balaban J connectivity index is 0.00000400. The molecule has 0 aliphatic carbocycles. The maximum Gasteiger partial charge on any atom is 0.128 e. The van der Waals surface area contributed by atoms with Crippen molar-refractivity contribution in [2.24, 2.45) is 0 Å². The van der Waals surface area contributed by atoms with Crippen LogP contribution in [0.25, 0.3) is 44.7 Å². The Hall–Kier alpha value is -3.79. The fraction of sp³-hybridized carbons (Fsp3) is 0.205. The molecule has 1 N–H and O–H groups in total. The maximum atomic E-state index is 11.7. The summed E-state index contributed by atoms with van der Waals surface area (Å²) >= 11 is 1.56. The van der Waals surface area contributed by atoms with E-state index in [-0.39, 0.29) is 37.6 Å². The van der Waals surface area contributed by atoms with Gasteiger partial charge in [0.05, 0.1) is 22.2 Å². The van der Waals surface area contributed by atoms with E-state index in [4.69, 9.17) is 9.97 Å². The molecule has 0 radical (unpaired) electrons. The molecule has 45 heavy (non-hydrogen) atoms. The second-order valence-corrected chi connectivity index (χ2v) is 14.2. The summed E-state index contributed by atoms with van der Waals surface area (Å²) in [5, 5.41) is 14.9. The van der Waals surface area contributed by atoms with E-state index in [0.717, 1.165) is 48.6 Å². The van der Waals surface area contributed by atoms with Crippen LogP contribution in [0.15, 0.2) is 113 Å². The number of pyridine rings is 1. The minimum Gasteiger partial charge on any atom is -0.507 e. The molecule has 4 nitrogen and oxygen atoms in total. The molecule has 0 aliphatic heterocycles. The van der Waals surface area contributed by atoms with E-state index in [0.29, 0.717) is 17.1 Å². The van der Waals surface area contributed by atoms with E-state index >= 15 is 0 Å². The fourth-order valence-electron chi connectivity index (χ4n) is 5.17. The zero-order valence-corrected chi connectivity index (χ0v) is 29.4. The standard InChI is InChI=1S/C39H36N3OS.Pt/c1-38(2,3)29-21-31(36(43)32(22-29)39(4,5)6)34-23-33(25-13-8-7-9-14-25)41-37(42-34)27-17-12-18-30(19-27)44-35-20-26-15-10-11-16-28(26)24-40-35;/h7-18,20-24,43H,1-6H3;/q-1;. The number of benzene rings is 4. The van der Waals surface area contributed by atoms with Crippen molar-refractivity contribution in [2.75, 3.05) is 0 Å². The Morgan fingerprint density at radius 2 is 1.38 bits per heavy atom. The Morgan fingerprint density at radius 3 is 2.09 bits per heavy atom. The first kappa shape index (κ1) is 32.6. The molecule has 0 bridgehead atoms. The van der Waals surface area contributed by atoms with Crippen LogP contribution in [0.3, 0.4) is 0 Å². The molecule has 2 heterocycles. The molecule has 0 unspecified atom stereocenters. The first-order valence-corrected chi connectivity index (χ1v) is 15.7. The zero-order chi connectivity index (χ0) is 31.1. The van der Waals surface area contributed by atoms with Gasteiger partial charge in [-0.25, -0.2) is 4.98 Å². The van der Waals surface area contributed by atoms with Gasteiger partial charge in [0.2, 0.25) is 0 Å². The zero-order valence-electron chi connectivity index (χ0n) is 26.3. The quantitative estimate of drug-likeness (QED) is 0.176. The van der Waals surface area contributed by atoms with Crippen LogP contribution in [0.2, 0.25) is 0 Å². The topological polar surface area (TPSA) is 58.9 Å². The number of rotatable bonds is 5. The van der Waals surface area contributed by atoms with Crippen LogP contribution < -0.4 is 0 Å². The van der Waals surface area contributed by atoms with Gasteiger partial charge >= 0.3 is 0 Å². The SMILES string of the molecule is CC(C)(C)c1cc(-c2cc(-c3ccccc3)nc(-c3[c-]c(Sc4cc5ccccc5cn4)ccc3)n2)c(O)c(C(C)(C)C)c1.[Pt]. The molecule has 0 amide bonds. The van der Waals surface area contributed by atoms with Gasteiger partial charge in [0.1, 0.15) is 5.75 Å². The van der Waals surface area contributed by atoms with Crippen molar-refractivity contribution in [1.29, 1.82) is 0 Å². The number of fused-ring (bicyclic) bond motifs is 1. The number of hydrogen-bond acceptors (Lipinski definition) is 5. The van der Waals surface area contributed by atoms with Crippen LogP contribution >= 0.6 is 11.8 Å². The van der Waals surface area contributed by atoms with Gasteiger partial charge < -0.3 is 5.11 Å². The molecule has 0 fully saturated rings. The van der Waals surface area contributed by atoms with Crippen LogP contribution in [0.5, 0.6) is 5.75 Å². The van der Waals surface area contributed by atoms with Crippen molar-refractivity contribution >= 4 is 22.5 Å². The number of aromatic nitrogens is 3. The van der Waals surface area contributed by atoms with Gasteiger partial charge in [-0.3, -0.25) is 9.97 Å². The van der Waals surface area contributed by atoms with Crippen LogP contribution in [0.4, 0.5) is 0 Å². The van der Waals surface area contributed by atoms with Crippen LogP contribution in [-0.2, 0) is 31.9 Å². The van der Waals surface area contributed by atoms with Crippen molar-refractivity contribution in [2.45, 2.75) is 62.3 Å². The third kappa shape index (κ3) is 7.21. The van der Waals surface area contributed by atoms with Gasteiger partial charge in [-0.15, -0.1) is 29.8 Å². The average molecular weight is 790 g/mol. The van der Waals surface area contributed by atoms with E-state index < -0.39 is 0 Å². The van der Waals surface area contributed by atoms with Crippen molar-refractivity contribution in [3.63, 3.8) is 0 Å². The Bertz CT molecular complexity index is 1980. The second kappa shape index (κ2) is 12.9. The van der Waals surface area contributed by atoms with Gasteiger partial charge in [-0.05, 0) is 45.5 Å². The molecule has 230 valence electrons. The van der Waals surface area contributed by atoms with Crippen molar-refractivity contribution < 1.29 is 26.2 Å². The summed E-state index contributed by atoms with van der Waals surface area (Å²) in [4.78, 5) is 15.7. The number of hydrogen-bond donors (Lipinski definition) is 1. The summed E-state index contributed by atoms with van der Waals surface area (Å²) in [5.41, 5.74) is 5.58. The van der Waals surface area contributed by atoms with Gasteiger partial charge in [-0.2, -0.15) is 0 Å². The number of aromatic hydroxyl groups is 1. The number of phenolic OH excluding ortho intramolecular Hbond substituents is 1. The molecular formula is C39H36N3OPtS-. The van der Waals surface area contributed by atoms with Gasteiger partial charge in [0.15, 0.2) is 0 Å². The third-order valence-electron chi connectivity index (χ3n) is 7.69. The Morgan fingerprint density at radius 1 is 0.689 bits per heavy atom. The second-order valence-electron chi connectivity index (χ2n) is 13.1. The van der Waals surface area contributed by atoms with Gasteiger partial charge in [0.25, 0.3) is 0 Å². The molecule has 4 aromatic carbocycles. The normalized spacial score (nSPS) is 11.8. The van der Waals surface area contributed by atoms with Crippen molar-refractivity contribution in [1.82, 2.24) is 15.0 Å². The van der Waals surface area contributed by atoms with Crippen LogP contribution in [0.1, 0.15) is 52.7 Å². The molecule has 0 saturated carbocycles. The summed E-state index contributed by atoms with van der Waals surface area (Å²) < 4.78 is 0. The Labute approximate surface area is 284 Å². The first-order chi connectivity index (χ1) is 21.0. The summed E-state index contributed by atoms with van der Waals surface area (Å²) in [5.74, 6) is 0.804. The molecule has 6 rings (SSSR count). The van der Waals surface area contributed by atoms with Crippen molar-refractivity contribution in [3.8, 4) is 39.7 Å². The van der Waals surface area contributed by atoms with E-state index in [1.807, 2.05) is 72.9 Å². The summed E-state index contributed by atoms with van der Waals surface area (Å²) in [7, 11) is 0. The smallest absolute Gasteiger partial charge is 0.128 e. The number of phenols is 1. The van der Waals surface area contributed by atoms with Crippen molar-refractivity contribution in [3.05, 3.63) is 120 Å². The molecule has 0 spiro atoms. The van der Waals surface area contributed by atoms with Gasteiger partial charge in [-0.1, -0.05) is 119 Å². The predicted octanol–water partition coefficient (Wildman–Crippen LogP) is 10.3. The van der Waals surface area contributed by atoms with Crippen LogP contribution in [-0.4, -0.2) is 20.1 Å². The molecule has 6 heteroatoms. The van der Waals surface area contributed by atoms with E-state index in [9.17, 15) is 5.11 Å². The largest absolute Gasteiger partial charge is 0.507 e. The first-order valence-electron chi connectivity index (χ1n) is 14.8. The fourth-order valence-corrected chi connectivity index (χ4v) is 5.99. The molecule has 6 aromatic rings. The Kier molecular flexibility index (Phi) is 9.35. The molecule has 0 saturated heterocycles. The predicted molar refractivity (Wildman–Crippen MR) is 182 cm³/mol. The number of nitrogens with zero attached hydrogens (tertiary/aromatic N) is 3. The van der Waals surface area contributed by atoms with Crippen LogP contribution in [0, 0.1) is 6.07 Å². The minimum absolute atomic E-state index is 0. The molecule has 0 atom stereocenters.